The molecule has 0 aliphatic carbocycles. The summed E-state index contributed by atoms with van der Waals surface area (Å²) in [5.74, 6) is 0.587. The Labute approximate surface area is 116 Å². The number of nitrogens with one attached hydrogen (secondary N) is 1. The highest BCUT2D eigenvalue weighted by Gasteiger charge is 2.27. The van der Waals surface area contributed by atoms with Gasteiger partial charge in [-0.25, -0.2) is 8.42 Å². The van der Waals surface area contributed by atoms with Crippen LogP contribution in [0.15, 0.2) is 4.47 Å². The smallest absolute Gasteiger partial charge is 0.151 e. The molecular weight excluding hydrogens is 318 g/mol. The third-order valence-electron chi connectivity index (χ3n) is 3.28. The number of nitrogens with zero attached hydrogens (tertiary/aromatic N) is 2. The summed E-state index contributed by atoms with van der Waals surface area (Å²) in [7, 11) is -2.79. The molecule has 1 atom stereocenters. The summed E-state index contributed by atoms with van der Waals surface area (Å²) in [6.45, 7) is 5.48. The van der Waals surface area contributed by atoms with Crippen LogP contribution in [0.5, 0.6) is 0 Å². The fraction of sp³-hybridized carbons (Fsp3) is 0.727. The van der Waals surface area contributed by atoms with Crippen molar-refractivity contribution < 1.29 is 8.42 Å². The van der Waals surface area contributed by atoms with E-state index >= 15 is 0 Å². The first kappa shape index (κ1) is 14.0. The molecule has 0 aromatic carbocycles. The summed E-state index contributed by atoms with van der Waals surface area (Å²) in [4.78, 5) is 0. The van der Waals surface area contributed by atoms with Crippen LogP contribution in [-0.2, 0) is 16.4 Å². The van der Waals surface area contributed by atoms with E-state index in [1.807, 2.05) is 18.5 Å². The fourth-order valence-electron chi connectivity index (χ4n) is 2.22. The van der Waals surface area contributed by atoms with Crippen molar-refractivity contribution in [2.45, 2.75) is 32.9 Å². The van der Waals surface area contributed by atoms with Gasteiger partial charge in [-0.2, -0.15) is 5.10 Å². The summed E-state index contributed by atoms with van der Waals surface area (Å²) < 4.78 is 25.6. The molecule has 1 fully saturated rings. The SMILES string of the molecule is Cc1nn(CCNC2CCS(=O)(=O)C2)c(C)c1Br. The van der Waals surface area contributed by atoms with Gasteiger partial charge in [-0.3, -0.25) is 4.68 Å². The van der Waals surface area contributed by atoms with Crippen LogP contribution in [0.25, 0.3) is 0 Å². The number of rotatable bonds is 4. The van der Waals surface area contributed by atoms with Gasteiger partial charge in [-0.1, -0.05) is 0 Å². The standard InChI is InChI=1S/C11H18BrN3O2S/c1-8-11(12)9(2)15(14-8)5-4-13-10-3-6-18(16,17)7-10/h10,13H,3-7H2,1-2H3. The molecule has 1 N–H and O–H groups in total. The van der Waals surface area contributed by atoms with Crippen molar-refractivity contribution in [3.05, 3.63) is 15.9 Å². The molecule has 0 spiro atoms. The van der Waals surface area contributed by atoms with E-state index in [2.05, 4.69) is 26.3 Å². The second-order valence-corrected chi connectivity index (χ2v) is 7.78. The molecule has 1 aromatic rings. The van der Waals surface area contributed by atoms with Gasteiger partial charge in [-0.05, 0) is 36.2 Å². The van der Waals surface area contributed by atoms with Crippen molar-refractivity contribution in [2.75, 3.05) is 18.1 Å². The quantitative estimate of drug-likeness (QED) is 0.892. The van der Waals surface area contributed by atoms with Gasteiger partial charge in [0.2, 0.25) is 0 Å². The minimum atomic E-state index is -2.79. The topological polar surface area (TPSA) is 64.0 Å². The molecule has 5 nitrogen and oxygen atoms in total. The van der Waals surface area contributed by atoms with Crippen LogP contribution >= 0.6 is 15.9 Å². The van der Waals surface area contributed by atoms with Crippen LogP contribution in [0.2, 0.25) is 0 Å². The van der Waals surface area contributed by atoms with Crippen molar-refractivity contribution in [1.29, 1.82) is 0 Å². The summed E-state index contributed by atoms with van der Waals surface area (Å²) in [6.07, 6.45) is 0.725. The number of halogens is 1. The van der Waals surface area contributed by atoms with Crippen molar-refractivity contribution in [3.63, 3.8) is 0 Å². The van der Waals surface area contributed by atoms with E-state index in [1.165, 1.54) is 0 Å². The Balaban J connectivity index is 1.84. The first-order valence-electron chi connectivity index (χ1n) is 6.02. The van der Waals surface area contributed by atoms with Crippen LogP contribution < -0.4 is 5.32 Å². The number of aryl methyl sites for hydroxylation is 1. The highest BCUT2D eigenvalue weighted by atomic mass is 79.9. The van der Waals surface area contributed by atoms with Gasteiger partial charge in [0.25, 0.3) is 0 Å². The Morgan fingerprint density at radius 1 is 1.50 bits per heavy atom. The molecule has 2 rings (SSSR count). The maximum atomic E-state index is 11.3. The first-order chi connectivity index (χ1) is 8.39. The van der Waals surface area contributed by atoms with Gasteiger partial charge < -0.3 is 5.32 Å². The minimum Gasteiger partial charge on any atom is -0.311 e. The number of hydrogen-bond donors (Lipinski definition) is 1. The Hall–Kier alpha value is -0.400. The zero-order chi connectivity index (χ0) is 13.3. The van der Waals surface area contributed by atoms with Crippen molar-refractivity contribution in [3.8, 4) is 0 Å². The average molecular weight is 336 g/mol. The molecule has 1 aromatic heterocycles. The lowest BCUT2D eigenvalue weighted by Crippen LogP contribution is -2.33. The lowest BCUT2D eigenvalue weighted by atomic mass is 10.2. The molecule has 1 aliphatic heterocycles. The lowest BCUT2D eigenvalue weighted by molar-refractivity contribution is 0.493. The molecule has 0 radical (unpaired) electrons. The van der Waals surface area contributed by atoms with Crippen LogP contribution in [0, 0.1) is 13.8 Å². The van der Waals surface area contributed by atoms with Crippen molar-refractivity contribution >= 4 is 25.8 Å². The summed E-state index contributed by atoms with van der Waals surface area (Å²) >= 11 is 3.49. The molecular formula is C11H18BrN3O2S. The second kappa shape index (κ2) is 5.30. The van der Waals surface area contributed by atoms with Gasteiger partial charge in [0.15, 0.2) is 9.84 Å². The van der Waals surface area contributed by atoms with Gasteiger partial charge >= 0.3 is 0 Å². The Bertz CT molecular complexity index is 539. The van der Waals surface area contributed by atoms with E-state index in [0.717, 1.165) is 35.4 Å². The molecule has 1 unspecified atom stereocenters. The maximum Gasteiger partial charge on any atom is 0.151 e. The highest BCUT2D eigenvalue weighted by Crippen LogP contribution is 2.19. The predicted octanol–water partition coefficient (Wildman–Crippen LogP) is 1.04. The van der Waals surface area contributed by atoms with E-state index in [0.29, 0.717) is 5.75 Å². The summed E-state index contributed by atoms with van der Waals surface area (Å²) in [5, 5.41) is 7.70. The average Bonchev–Trinajstić information content (AvgIpc) is 2.75. The molecule has 18 heavy (non-hydrogen) atoms. The van der Waals surface area contributed by atoms with E-state index in [4.69, 9.17) is 0 Å². The number of sulfone groups is 1. The Morgan fingerprint density at radius 2 is 2.22 bits per heavy atom. The predicted molar refractivity (Wildman–Crippen MR) is 74.5 cm³/mol. The molecule has 7 heteroatoms. The van der Waals surface area contributed by atoms with E-state index in [-0.39, 0.29) is 11.8 Å². The zero-order valence-corrected chi connectivity index (χ0v) is 13.0. The van der Waals surface area contributed by atoms with E-state index in [1.54, 1.807) is 0 Å². The fourth-order valence-corrected chi connectivity index (χ4v) is 4.22. The highest BCUT2D eigenvalue weighted by molar-refractivity contribution is 9.10. The third-order valence-corrected chi connectivity index (χ3v) is 6.20. The van der Waals surface area contributed by atoms with Crippen LogP contribution in [0.3, 0.4) is 0 Å². The molecule has 102 valence electrons. The molecule has 0 bridgehead atoms. The number of aromatic nitrogens is 2. The zero-order valence-electron chi connectivity index (χ0n) is 10.6. The Kier molecular flexibility index (Phi) is 4.13. The minimum absolute atomic E-state index is 0.107. The number of hydrogen-bond acceptors (Lipinski definition) is 4. The summed E-state index contributed by atoms with van der Waals surface area (Å²) in [6, 6.07) is 0.107. The largest absolute Gasteiger partial charge is 0.311 e. The monoisotopic (exact) mass is 335 g/mol. The van der Waals surface area contributed by atoms with Crippen LogP contribution in [-0.4, -0.2) is 42.3 Å². The van der Waals surface area contributed by atoms with Crippen molar-refractivity contribution in [2.24, 2.45) is 0 Å². The molecule has 0 amide bonds. The van der Waals surface area contributed by atoms with E-state index in [9.17, 15) is 8.42 Å². The molecule has 2 heterocycles. The van der Waals surface area contributed by atoms with Crippen LogP contribution in [0.4, 0.5) is 0 Å². The van der Waals surface area contributed by atoms with E-state index < -0.39 is 9.84 Å². The van der Waals surface area contributed by atoms with Gasteiger partial charge in [0, 0.05) is 18.3 Å². The summed E-state index contributed by atoms with van der Waals surface area (Å²) in [5.41, 5.74) is 2.09. The lowest BCUT2D eigenvalue weighted by Gasteiger charge is -2.11. The van der Waals surface area contributed by atoms with Gasteiger partial charge in [0.05, 0.1) is 28.2 Å². The first-order valence-corrected chi connectivity index (χ1v) is 8.64. The molecule has 0 saturated carbocycles. The third kappa shape index (κ3) is 3.13. The molecule has 1 saturated heterocycles. The van der Waals surface area contributed by atoms with Crippen molar-refractivity contribution in [1.82, 2.24) is 15.1 Å². The van der Waals surface area contributed by atoms with Crippen LogP contribution in [0.1, 0.15) is 17.8 Å². The maximum absolute atomic E-state index is 11.3. The van der Waals surface area contributed by atoms with Gasteiger partial charge in [-0.15, -0.1) is 0 Å². The molecule has 1 aliphatic rings. The second-order valence-electron chi connectivity index (χ2n) is 4.76. The van der Waals surface area contributed by atoms with Gasteiger partial charge in [0.1, 0.15) is 0 Å². The normalized spacial score (nSPS) is 22.5. The Morgan fingerprint density at radius 3 is 2.72 bits per heavy atom.